The van der Waals surface area contributed by atoms with E-state index in [1.54, 1.807) is 7.11 Å². The molecule has 2 bridgehead atoms. The summed E-state index contributed by atoms with van der Waals surface area (Å²) in [6, 6.07) is 4.43. The number of hydrogen-bond donors (Lipinski definition) is 0. The van der Waals surface area contributed by atoms with Crippen LogP contribution in [0, 0.1) is 22.7 Å². The van der Waals surface area contributed by atoms with E-state index in [-0.39, 0.29) is 23.2 Å². The normalized spacial score (nSPS) is 36.7. The number of benzene rings is 1. The minimum absolute atomic E-state index is 0.128. The lowest BCUT2D eigenvalue weighted by Crippen LogP contribution is -2.61. The molecule has 0 unspecified atom stereocenters. The van der Waals surface area contributed by atoms with Gasteiger partial charge in [0.05, 0.1) is 0 Å². The molecule has 1 spiro atoms. The molecule has 1 aliphatic heterocycles. The summed E-state index contributed by atoms with van der Waals surface area (Å²) in [6.07, 6.45) is 8.56. The molecule has 3 nitrogen and oxygen atoms in total. The van der Waals surface area contributed by atoms with Gasteiger partial charge < -0.3 is 14.2 Å². The van der Waals surface area contributed by atoms with Crippen molar-refractivity contribution in [2.75, 3.05) is 13.9 Å². The molecule has 4 rings (SSSR count). The zero-order chi connectivity index (χ0) is 21.7. The molecule has 0 radical (unpaired) electrons. The molecule has 0 N–H and O–H groups in total. The number of ether oxygens (including phenoxy) is 3. The second kappa shape index (κ2) is 7.85. The van der Waals surface area contributed by atoms with Gasteiger partial charge >= 0.3 is 0 Å². The highest BCUT2D eigenvalue weighted by Crippen LogP contribution is 2.66. The fraction of sp³-hybridized carbons (Fsp3) is 0.692. The number of methoxy groups -OCH3 is 1. The molecule has 0 saturated heterocycles. The summed E-state index contributed by atoms with van der Waals surface area (Å²) in [7, 11) is 1.66. The minimum Gasteiger partial charge on any atom is -0.487 e. The number of rotatable bonds is 5. The molecule has 30 heavy (non-hydrogen) atoms. The maximum absolute atomic E-state index is 6.88. The van der Waals surface area contributed by atoms with E-state index in [9.17, 15) is 0 Å². The van der Waals surface area contributed by atoms with E-state index in [1.807, 2.05) is 6.08 Å². The van der Waals surface area contributed by atoms with Gasteiger partial charge in [0.1, 0.15) is 17.1 Å². The first-order valence-electron chi connectivity index (χ1n) is 11.4. The Morgan fingerprint density at radius 1 is 1.23 bits per heavy atom. The first-order chi connectivity index (χ1) is 14.2. The highest BCUT2D eigenvalue weighted by Gasteiger charge is 2.62. The Bertz CT molecular complexity index is 819. The lowest BCUT2D eigenvalue weighted by molar-refractivity contribution is -0.147. The van der Waals surface area contributed by atoms with Gasteiger partial charge in [-0.15, -0.1) is 6.58 Å². The number of hydrogen-bond acceptors (Lipinski definition) is 3. The summed E-state index contributed by atoms with van der Waals surface area (Å²) >= 11 is 4.04. The van der Waals surface area contributed by atoms with Crippen molar-refractivity contribution in [2.45, 2.75) is 76.6 Å². The largest absolute Gasteiger partial charge is 0.487 e. The number of alkyl halides is 1. The Balaban J connectivity index is 1.84. The maximum Gasteiger partial charge on any atom is 0.188 e. The van der Waals surface area contributed by atoms with E-state index in [1.165, 1.54) is 24.8 Å². The summed E-state index contributed by atoms with van der Waals surface area (Å²) in [5.41, 5.74) is 2.81. The molecule has 2 aliphatic carbocycles. The second-order valence-corrected chi connectivity index (χ2v) is 11.7. The third-order valence-electron chi connectivity index (χ3n) is 8.77. The Morgan fingerprint density at radius 2 is 2.00 bits per heavy atom. The SMILES string of the molecule is C=CCc1cc2c(cc1OCOC)C[C@]13CC[C@H](Br)C(C)(C)[C@@H]1CC[C@@](C)(O2)[C@H]3C. The zero-order valence-corrected chi connectivity index (χ0v) is 20.8. The molecule has 5 atom stereocenters. The lowest BCUT2D eigenvalue weighted by atomic mass is 9.44. The van der Waals surface area contributed by atoms with Gasteiger partial charge in [-0.3, -0.25) is 0 Å². The van der Waals surface area contributed by atoms with Crippen LogP contribution in [0.25, 0.3) is 0 Å². The van der Waals surface area contributed by atoms with Crippen molar-refractivity contribution < 1.29 is 14.2 Å². The highest BCUT2D eigenvalue weighted by atomic mass is 79.9. The predicted molar refractivity (Wildman–Crippen MR) is 126 cm³/mol. The lowest BCUT2D eigenvalue weighted by Gasteiger charge is -2.62. The summed E-state index contributed by atoms with van der Waals surface area (Å²) < 4.78 is 18.0. The Morgan fingerprint density at radius 3 is 2.70 bits per heavy atom. The van der Waals surface area contributed by atoms with Crippen molar-refractivity contribution in [3.8, 4) is 11.5 Å². The topological polar surface area (TPSA) is 27.7 Å². The van der Waals surface area contributed by atoms with Crippen LogP contribution < -0.4 is 9.47 Å². The minimum atomic E-state index is -0.128. The van der Waals surface area contributed by atoms with E-state index in [0.717, 1.165) is 36.3 Å². The van der Waals surface area contributed by atoms with Crippen molar-refractivity contribution in [1.82, 2.24) is 0 Å². The molecule has 1 aromatic rings. The number of halogens is 1. The molecular formula is C26H37BrO3. The molecular weight excluding hydrogens is 440 g/mol. The van der Waals surface area contributed by atoms with Gasteiger partial charge in [-0.05, 0) is 79.9 Å². The van der Waals surface area contributed by atoms with Crippen molar-refractivity contribution >= 4 is 15.9 Å². The van der Waals surface area contributed by atoms with Crippen LogP contribution in [0.2, 0.25) is 0 Å². The fourth-order valence-electron chi connectivity index (χ4n) is 6.89. The quantitative estimate of drug-likeness (QED) is 0.268. The van der Waals surface area contributed by atoms with Crippen molar-refractivity contribution in [3.05, 3.63) is 35.9 Å². The number of allylic oxidation sites excluding steroid dienone is 1. The zero-order valence-electron chi connectivity index (χ0n) is 19.2. The van der Waals surface area contributed by atoms with E-state index < -0.39 is 0 Å². The van der Waals surface area contributed by atoms with E-state index in [2.05, 4.69) is 62.3 Å². The molecule has 0 amide bonds. The van der Waals surface area contributed by atoms with Gasteiger partial charge in [0.25, 0.3) is 0 Å². The molecule has 2 fully saturated rings. The Kier molecular flexibility index (Phi) is 5.81. The van der Waals surface area contributed by atoms with Crippen molar-refractivity contribution in [1.29, 1.82) is 0 Å². The summed E-state index contributed by atoms with van der Waals surface area (Å²) in [5.74, 6) is 3.12. The van der Waals surface area contributed by atoms with Gasteiger partial charge in [0, 0.05) is 23.4 Å². The van der Waals surface area contributed by atoms with E-state index in [0.29, 0.717) is 16.7 Å². The molecule has 166 valence electrons. The van der Waals surface area contributed by atoms with Gasteiger partial charge in [-0.2, -0.15) is 0 Å². The van der Waals surface area contributed by atoms with Crippen LogP contribution in [0.15, 0.2) is 24.8 Å². The fourth-order valence-corrected chi connectivity index (χ4v) is 7.44. The monoisotopic (exact) mass is 476 g/mol. The average molecular weight is 477 g/mol. The first-order valence-corrected chi connectivity index (χ1v) is 12.3. The van der Waals surface area contributed by atoms with E-state index in [4.69, 9.17) is 14.2 Å². The molecule has 2 saturated carbocycles. The van der Waals surface area contributed by atoms with Gasteiger partial charge in [-0.25, -0.2) is 0 Å². The standard InChI is InChI=1S/C26H37BrO3/c1-7-8-18-13-21-19(14-20(18)29-16-28-6)15-26-12-10-23(27)24(3,4)22(26)9-11-25(5,30-21)17(26)2/h7,13-14,17,22-23H,1,8-12,15-16H2,2-6H3/t17-,22+,23+,25-,26+/m1/s1. The summed E-state index contributed by atoms with van der Waals surface area (Å²) in [4.78, 5) is 0.580. The summed E-state index contributed by atoms with van der Waals surface area (Å²) in [5, 5.41) is 0. The smallest absolute Gasteiger partial charge is 0.188 e. The molecule has 1 heterocycles. The molecule has 1 aromatic carbocycles. The average Bonchev–Trinajstić information content (AvgIpc) is 2.74. The second-order valence-electron chi connectivity index (χ2n) is 10.6. The van der Waals surface area contributed by atoms with Crippen LogP contribution in [0.1, 0.15) is 64.5 Å². The highest BCUT2D eigenvalue weighted by molar-refractivity contribution is 9.09. The first kappa shape index (κ1) is 22.2. The Hall–Kier alpha value is -1.00. The van der Waals surface area contributed by atoms with Gasteiger partial charge in [-0.1, -0.05) is 42.8 Å². The van der Waals surface area contributed by atoms with Crippen LogP contribution in [0.5, 0.6) is 11.5 Å². The van der Waals surface area contributed by atoms with Crippen LogP contribution in [0.3, 0.4) is 0 Å². The molecule has 3 aliphatic rings. The van der Waals surface area contributed by atoms with Gasteiger partial charge in [0.15, 0.2) is 6.79 Å². The Labute approximate surface area is 190 Å². The molecule has 0 aromatic heterocycles. The summed E-state index contributed by atoms with van der Waals surface area (Å²) in [6.45, 7) is 13.9. The van der Waals surface area contributed by atoms with Gasteiger partial charge in [0.2, 0.25) is 0 Å². The van der Waals surface area contributed by atoms with Crippen molar-refractivity contribution in [3.63, 3.8) is 0 Å². The van der Waals surface area contributed by atoms with Crippen LogP contribution in [-0.4, -0.2) is 24.3 Å². The van der Waals surface area contributed by atoms with Crippen LogP contribution in [0.4, 0.5) is 0 Å². The third kappa shape index (κ3) is 3.33. The molecule has 4 heteroatoms. The number of fused-ring (bicyclic) bond motifs is 2. The predicted octanol–water partition coefficient (Wildman–Crippen LogP) is 6.71. The van der Waals surface area contributed by atoms with Crippen molar-refractivity contribution in [2.24, 2.45) is 22.7 Å². The van der Waals surface area contributed by atoms with Crippen LogP contribution >= 0.6 is 15.9 Å². The van der Waals surface area contributed by atoms with E-state index >= 15 is 0 Å². The maximum atomic E-state index is 6.88. The van der Waals surface area contributed by atoms with Crippen LogP contribution in [-0.2, 0) is 17.6 Å². The third-order valence-corrected chi connectivity index (χ3v) is 10.4.